The van der Waals surface area contributed by atoms with Gasteiger partial charge >= 0.3 is 0 Å². The Hall–Kier alpha value is -0.720. The van der Waals surface area contributed by atoms with E-state index in [1.807, 2.05) is 0 Å². The van der Waals surface area contributed by atoms with Crippen molar-refractivity contribution < 1.29 is 0 Å². The molecule has 1 heterocycles. The van der Waals surface area contributed by atoms with Gasteiger partial charge < -0.3 is 4.98 Å². The molecule has 100 valence electrons. The van der Waals surface area contributed by atoms with Crippen LogP contribution in [0.1, 0.15) is 81.7 Å². The van der Waals surface area contributed by atoms with Crippen LogP contribution in [0.15, 0.2) is 6.07 Å². The van der Waals surface area contributed by atoms with Crippen molar-refractivity contribution in [1.82, 2.24) is 4.98 Å². The number of nitrogens with one attached hydrogen (secondary N) is 1. The van der Waals surface area contributed by atoms with Crippen LogP contribution in [0.3, 0.4) is 0 Å². The van der Waals surface area contributed by atoms with E-state index < -0.39 is 0 Å². The molecule has 0 atom stereocenters. The lowest BCUT2D eigenvalue weighted by Gasteiger charge is -2.30. The van der Waals surface area contributed by atoms with Crippen molar-refractivity contribution >= 4 is 0 Å². The van der Waals surface area contributed by atoms with Gasteiger partial charge in [0, 0.05) is 16.8 Å². The lowest BCUT2D eigenvalue weighted by Crippen LogP contribution is -2.23. The van der Waals surface area contributed by atoms with Crippen molar-refractivity contribution in [3.8, 4) is 0 Å². The summed E-state index contributed by atoms with van der Waals surface area (Å²) in [5, 5.41) is 0. The summed E-state index contributed by atoms with van der Waals surface area (Å²) in [4.78, 5) is 3.79. The minimum Gasteiger partial charge on any atom is -0.362 e. The Morgan fingerprint density at radius 1 is 0.889 bits per heavy atom. The van der Waals surface area contributed by atoms with Crippen molar-refractivity contribution in [1.29, 1.82) is 0 Å². The van der Waals surface area contributed by atoms with Crippen LogP contribution in [-0.4, -0.2) is 4.98 Å². The molecule has 1 nitrogen and oxygen atoms in total. The van der Waals surface area contributed by atoms with Gasteiger partial charge in [0.1, 0.15) is 0 Å². The van der Waals surface area contributed by atoms with Crippen LogP contribution in [0.5, 0.6) is 0 Å². The van der Waals surface area contributed by atoms with E-state index in [0.29, 0.717) is 5.41 Å². The van der Waals surface area contributed by atoms with Crippen LogP contribution in [-0.2, 0) is 18.3 Å². The highest BCUT2D eigenvalue weighted by atomic mass is 14.8. The molecule has 0 radical (unpaired) electrons. The topological polar surface area (TPSA) is 15.8 Å². The van der Waals surface area contributed by atoms with E-state index in [4.69, 9.17) is 0 Å². The fraction of sp³-hybridized carbons (Fsp3) is 0.765. The molecule has 0 aromatic carbocycles. The van der Waals surface area contributed by atoms with Gasteiger partial charge in [-0.1, -0.05) is 39.0 Å². The Morgan fingerprint density at radius 3 is 2.28 bits per heavy atom. The molecule has 0 spiro atoms. The van der Waals surface area contributed by atoms with Crippen LogP contribution in [0, 0.1) is 0 Å². The highest BCUT2D eigenvalue weighted by Crippen LogP contribution is 2.38. The third kappa shape index (κ3) is 2.37. The molecule has 1 heteroatoms. The molecule has 0 amide bonds. The second kappa shape index (κ2) is 5.11. The molecule has 3 rings (SSSR count). The molecule has 0 aliphatic heterocycles. The first-order chi connectivity index (χ1) is 8.78. The van der Waals surface area contributed by atoms with Crippen LogP contribution < -0.4 is 0 Å². The van der Waals surface area contributed by atoms with E-state index in [1.54, 1.807) is 17.0 Å². The summed E-state index contributed by atoms with van der Waals surface area (Å²) in [6, 6.07) is 2.51. The number of hydrogen-bond acceptors (Lipinski definition) is 0. The number of aromatic nitrogens is 1. The Balaban J connectivity index is 1.84. The van der Waals surface area contributed by atoms with Crippen molar-refractivity contribution in [2.24, 2.45) is 0 Å². The Morgan fingerprint density at radius 2 is 1.56 bits per heavy atom. The Bertz CT molecular complexity index is 370. The zero-order valence-corrected chi connectivity index (χ0v) is 11.9. The molecule has 18 heavy (non-hydrogen) atoms. The number of H-pyrrole nitrogens is 1. The first kappa shape index (κ1) is 12.3. The maximum absolute atomic E-state index is 3.79. The normalized spacial score (nSPS) is 24.1. The van der Waals surface area contributed by atoms with Gasteiger partial charge in [-0.15, -0.1) is 0 Å². The second-order valence-electron chi connectivity index (χ2n) is 6.72. The molecular formula is C17H27N. The minimum absolute atomic E-state index is 0.428. The molecular weight excluding hydrogens is 218 g/mol. The van der Waals surface area contributed by atoms with Gasteiger partial charge in [0.05, 0.1) is 0 Å². The number of fused-ring (bicyclic) bond motifs is 1. The van der Waals surface area contributed by atoms with Crippen LogP contribution in [0.4, 0.5) is 0 Å². The largest absolute Gasteiger partial charge is 0.362 e. The van der Waals surface area contributed by atoms with Gasteiger partial charge in [-0.3, -0.25) is 0 Å². The average molecular weight is 245 g/mol. The summed E-state index contributed by atoms with van der Waals surface area (Å²) < 4.78 is 0. The van der Waals surface area contributed by atoms with Crippen molar-refractivity contribution in [3.05, 3.63) is 23.0 Å². The van der Waals surface area contributed by atoms with Crippen molar-refractivity contribution in [2.45, 2.75) is 83.0 Å². The first-order valence-corrected chi connectivity index (χ1v) is 7.99. The zero-order chi connectivity index (χ0) is 12.4. The molecule has 1 aromatic rings. The summed E-state index contributed by atoms with van der Waals surface area (Å²) in [5.74, 6) is 0. The fourth-order valence-corrected chi connectivity index (χ4v) is 3.88. The quantitative estimate of drug-likeness (QED) is 0.724. The van der Waals surface area contributed by atoms with Gasteiger partial charge in [-0.25, -0.2) is 0 Å². The van der Waals surface area contributed by atoms with Gasteiger partial charge in [0.15, 0.2) is 0 Å². The summed E-state index contributed by atoms with van der Waals surface area (Å²) in [7, 11) is 0. The highest BCUT2D eigenvalue weighted by Gasteiger charge is 2.29. The number of rotatable bonds is 1. The van der Waals surface area contributed by atoms with Crippen molar-refractivity contribution in [2.75, 3.05) is 0 Å². The lowest BCUT2D eigenvalue weighted by molar-refractivity contribution is 0.334. The number of hydrogen-bond donors (Lipinski definition) is 1. The fourth-order valence-electron chi connectivity index (χ4n) is 3.88. The van der Waals surface area contributed by atoms with Gasteiger partial charge in [0.25, 0.3) is 0 Å². The molecule has 1 saturated carbocycles. The van der Waals surface area contributed by atoms with E-state index in [-0.39, 0.29) is 0 Å². The van der Waals surface area contributed by atoms with Crippen LogP contribution >= 0.6 is 0 Å². The Labute approximate surface area is 111 Å². The molecule has 2 aliphatic rings. The van der Waals surface area contributed by atoms with E-state index in [0.717, 1.165) is 0 Å². The molecule has 0 unspecified atom stereocenters. The maximum Gasteiger partial charge on any atom is 0.0212 e. The SMILES string of the molecule is CC1(c2cc3c([nH]2)CCCC3)CCCCCCC1. The standard InChI is InChI=1S/C17H27N/c1-17(11-7-3-2-4-8-12-17)16-13-14-9-5-6-10-15(14)18-16/h13,18H,2-12H2,1H3. The van der Waals surface area contributed by atoms with Crippen LogP contribution in [0.2, 0.25) is 0 Å². The summed E-state index contributed by atoms with van der Waals surface area (Å²) in [6.45, 7) is 2.50. The predicted octanol–water partition coefficient (Wildman–Crippen LogP) is 4.90. The van der Waals surface area contributed by atoms with E-state index in [1.165, 1.54) is 70.6 Å². The highest BCUT2D eigenvalue weighted by molar-refractivity contribution is 5.32. The van der Waals surface area contributed by atoms with Gasteiger partial charge in [-0.2, -0.15) is 0 Å². The predicted molar refractivity (Wildman–Crippen MR) is 77.1 cm³/mol. The molecule has 1 N–H and O–H groups in total. The molecule has 1 fully saturated rings. The molecule has 1 aromatic heterocycles. The van der Waals surface area contributed by atoms with E-state index >= 15 is 0 Å². The second-order valence-corrected chi connectivity index (χ2v) is 6.72. The molecule has 0 saturated heterocycles. The Kier molecular flexibility index (Phi) is 3.50. The lowest BCUT2D eigenvalue weighted by atomic mass is 9.75. The summed E-state index contributed by atoms with van der Waals surface area (Å²) in [6.07, 6.45) is 15.3. The van der Waals surface area contributed by atoms with Gasteiger partial charge in [0.2, 0.25) is 0 Å². The number of aryl methyl sites for hydroxylation is 2. The monoisotopic (exact) mass is 245 g/mol. The summed E-state index contributed by atoms with van der Waals surface area (Å²) >= 11 is 0. The maximum atomic E-state index is 3.79. The third-order valence-corrected chi connectivity index (χ3v) is 5.22. The van der Waals surface area contributed by atoms with E-state index in [2.05, 4.69) is 18.0 Å². The average Bonchev–Trinajstić information content (AvgIpc) is 2.78. The zero-order valence-electron chi connectivity index (χ0n) is 11.9. The molecule has 2 aliphatic carbocycles. The molecule has 0 bridgehead atoms. The first-order valence-electron chi connectivity index (χ1n) is 7.99. The van der Waals surface area contributed by atoms with Crippen molar-refractivity contribution in [3.63, 3.8) is 0 Å². The minimum atomic E-state index is 0.428. The van der Waals surface area contributed by atoms with Crippen LogP contribution in [0.25, 0.3) is 0 Å². The smallest absolute Gasteiger partial charge is 0.0212 e. The number of aromatic amines is 1. The van der Waals surface area contributed by atoms with E-state index in [9.17, 15) is 0 Å². The summed E-state index contributed by atoms with van der Waals surface area (Å²) in [5.41, 5.74) is 5.16. The third-order valence-electron chi connectivity index (χ3n) is 5.22. The van der Waals surface area contributed by atoms with Gasteiger partial charge in [-0.05, 0) is 50.2 Å².